The van der Waals surface area contributed by atoms with Crippen molar-refractivity contribution in [2.45, 2.75) is 33.4 Å². The molecule has 7 nitrogen and oxygen atoms in total. The van der Waals surface area contributed by atoms with Crippen molar-refractivity contribution in [3.05, 3.63) is 40.8 Å². The van der Waals surface area contributed by atoms with Crippen molar-refractivity contribution in [1.82, 2.24) is 19.7 Å². The Hall–Kier alpha value is -2.41. The Bertz CT molecular complexity index is 767. The highest BCUT2D eigenvalue weighted by Crippen LogP contribution is 2.29. The molecule has 0 radical (unpaired) electrons. The van der Waals surface area contributed by atoms with E-state index >= 15 is 0 Å². The highest BCUT2D eigenvalue weighted by atomic mass is 16.4. The van der Waals surface area contributed by atoms with Gasteiger partial charge in [-0.2, -0.15) is 5.10 Å². The monoisotopic (exact) mass is 343 g/mol. The third-order valence-corrected chi connectivity index (χ3v) is 4.77. The van der Waals surface area contributed by atoms with E-state index in [4.69, 9.17) is 0 Å². The third kappa shape index (κ3) is 3.51. The largest absolute Gasteiger partial charge is 0.478 e. The summed E-state index contributed by atoms with van der Waals surface area (Å²) in [6.45, 7) is 7.90. The molecule has 0 saturated carbocycles. The van der Waals surface area contributed by atoms with Gasteiger partial charge in [-0.15, -0.1) is 0 Å². The first-order valence-corrected chi connectivity index (χ1v) is 8.72. The average Bonchev–Trinajstić information content (AvgIpc) is 3.00. The van der Waals surface area contributed by atoms with Gasteiger partial charge in [0.05, 0.1) is 6.20 Å². The highest BCUT2D eigenvalue weighted by Gasteiger charge is 2.27. The van der Waals surface area contributed by atoms with Crippen LogP contribution in [0, 0.1) is 0 Å². The van der Waals surface area contributed by atoms with Gasteiger partial charge in [-0.3, -0.25) is 9.58 Å². The number of hydrogen-bond acceptors (Lipinski definition) is 5. The van der Waals surface area contributed by atoms with E-state index in [-0.39, 0.29) is 0 Å². The van der Waals surface area contributed by atoms with Crippen LogP contribution in [0.3, 0.4) is 0 Å². The molecule has 2 aromatic rings. The van der Waals surface area contributed by atoms with Crippen molar-refractivity contribution in [2.75, 3.05) is 24.5 Å². The van der Waals surface area contributed by atoms with Crippen molar-refractivity contribution in [3.63, 3.8) is 0 Å². The third-order valence-electron chi connectivity index (χ3n) is 4.77. The van der Waals surface area contributed by atoms with E-state index in [9.17, 15) is 9.90 Å². The first-order valence-electron chi connectivity index (χ1n) is 8.72. The summed E-state index contributed by atoms with van der Waals surface area (Å²) in [5, 5.41) is 14.0. The second kappa shape index (κ2) is 7.23. The molecule has 0 bridgehead atoms. The van der Waals surface area contributed by atoms with E-state index in [2.05, 4.69) is 15.0 Å². The molecule has 25 heavy (non-hydrogen) atoms. The highest BCUT2D eigenvalue weighted by molar-refractivity contribution is 5.95. The van der Waals surface area contributed by atoms with Crippen LogP contribution in [-0.2, 0) is 26.6 Å². The topological polar surface area (TPSA) is 74.5 Å². The van der Waals surface area contributed by atoms with Crippen molar-refractivity contribution in [3.8, 4) is 0 Å². The summed E-state index contributed by atoms with van der Waals surface area (Å²) in [5.41, 5.74) is 3.50. The lowest BCUT2D eigenvalue weighted by Gasteiger charge is -2.31. The Kier molecular flexibility index (Phi) is 5.03. The second-order valence-electron chi connectivity index (χ2n) is 6.42. The fourth-order valence-electron chi connectivity index (χ4n) is 3.52. The molecule has 134 valence electrons. The molecule has 1 N–H and O–H groups in total. The minimum Gasteiger partial charge on any atom is -0.478 e. The number of pyridine rings is 1. The smallest absolute Gasteiger partial charge is 0.339 e. The summed E-state index contributed by atoms with van der Waals surface area (Å²) in [4.78, 5) is 20.7. The zero-order valence-corrected chi connectivity index (χ0v) is 15.1. The first kappa shape index (κ1) is 17.4. The number of hydrogen-bond donors (Lipinski definition) is 1. The maximum atomic E-state index is 11.9. The molecule has 0 amide bonds. The molecule has 1 aliphatic heterocycles. The van der Waals surface area contributed by atoms with Crippen LogP contribution in [0.2, 0.25) is 0 Å². The van der Waals surface area contributed by atoms with Crippen LogP contribution in [0.4, 0.5) is 5.82 Å². The van der Waals surface area contributed by atoms with E-state index in [0.717, 1.165) is 55.8 Å². The number of aromatic nitrogens is 3. The van der Waals surface area contributed by atoms with E-state index in [1.807, 2.05) is 44.4 Å². The minimum absolute atomic E-state index is 0.377. The predicted octanol–water partition coefficient (Wildman–Crippen LogP) is 1.92. The number of carboxylic acid groups (broad SMARTS) is 1. The van der Waals surface area contributed by atoms with Gasteiger partial charge < -0.3 is 10.0 Å². The van der Waals surface area contributed by atoms with Gasteiger partial charge in [0.15, 0.2) is 0 Å². The Balaban J connectivity index is 1.88. The summed E-state index contributed by atoms with van der Waals surface area (Å²) >= 11 is 0. The van der Waals surface area contributed by atoms with Crippen LogP contribution < -0.4 is 4.90 Å². The van der Waals surface area contributed by atoms with E-state index in [1.54, 1.807) is 4.68 Å². The molecule has 3 rings (SSSR count). The summed E-state index contributed by atoms with van der Waals surface area (Å²) in [6.07, 6.45) is 6.47. The number of carboxylic acids is 1. The lowest BCUT2D eigenvalue weighted by molar-refractivity contribution is 0.0694. The number of aromatic carboxylic acids is 1. The molecule has 0 saturated heterocycles. The lowest BCUT2D eigenvalue weighted by atomic mass is 9.95. The molecule has 0 aromatic carbocycles. The normalized spacial score (nSPS) is 14.4. The van der Waals surface area contributed by atoms with Gasteiger partial charge in [0.25, 0.3) is 0 Å². The van der Waals surface area contributed by atoms with Gasteiger partial charge in [-0.25, -0.2) is 9.78 Å². The number of rotatable bonds is 6. The number of nitrogens with zero attached hydrogens (tertiary/aromatic N) is 5. The van der Waals surface area contributed by atoms with Gasteiger partial charge in [-0.05, 0) is 31.4 Å². The zero-order chi connectivity index (χ0) is 18.0. The van der Waals surface area contributed by atoms with Crippen LogP contribution in [0.1, 0.15) is 40.9 Å². The van der Waals surface area contributed by atoms with Crippen molar-refractivity contribution in [2.24, 2.45) is 7.05 Å². The summed E-state index contributed by atoms with van der Waals surface area (Å²) in [6, 6.07) is 0. The maximum absolute atomic E-state index is 11.9. The SMILES string of the molecule is CCN(CC)c1ncc2c(c1C(=O)O)CCN(Cc1cnn(C)c1)C2. The Labute approximate surface area is 147 Å². The number of anilines is 1. The maximum Gasteiger partial charge on any atom is 0.339 e. The van der Waals surface area contributed by atoms with E-state index < -0.39 is 5.97 Å². The predicted molar refractivity (Wildman–Crippen MR) is 95.8 cm³/mol. The minimum atomic E-state index is -0.882. The molecule has 0 atom stereocenters. The molecule has 0 fully saturated rings. The summed E-state index contributed by atoms with van der Waals surface area (Å²) < 4.78 is 1.80. The molecule has 1 aliphatic rings. The van der Waals surface area contributed by atoms with Gasteiger partial charge in [-0.1, -0.05) is 0 Å². The van der Waals surface area contributed by atoms with Crippen molar-refractivity contribution < 1.29 is 9.90 Å². The molecule has 2 aromatic heterocycles. The summed E-state index contributed by atoms with van der Waals surface area (Å²) in [5.74, 6) is -0.288. The summed E-state index contributed by atoms with van der Waals surface area (Å²) in [7, 11) is 1.91. The average molecular weight is 343 g/mol. The quantitative estimate of drug-likeness (QED) is 0.864. The molecule has 7 heteroatoms. The van der Waals surface area contributed by atoms with Crippen LogP contribution in [0.25, 0.3) is 0 Å². The zero-order valence-electron chi connectivity index (χ0n) is 15.1. The number of fused-ring (bicyclic) bond motifs is 1. The Morgan fingerprint density at radius 2 is 2.08 bits per heavy atom. The van der Waals surface area contributed by atoms with Crippen molar-refractivity contribution >= 4 is 11.8 Å². The van der Waals surface area contributed by atoms with Gasteiger partial charge in [0.2, 0.25) is 0 Å². The van der Waals surface area contributed by atoms with Gasteiger partial charge >= 0.3 is 5.97 Å². The van der Waals surface area contributed by atoms with E-state index in [0.29, 0.717) is 11.4 Å². The van der Waals surface area contributed by atoms with Crippen LogP contribution >= 0.6 is 0 Å². The lowest BCUT2D eigenvalue weighted by Crippen LogP contribution is -2.33. The fourth-order valence-corrected chi connectivity index (χ4v) is 3.52. The Morgan fingerprint density at radius 3 is 2.68 bits per heavy atom. The van der Waals surface area contributed by atoms with E-state index in [1.165, 1.54) is 0 Å². The first-order chi connectivity index (χ1) is 12.0. The van der Waals surface area contributed by atoms with Crippen LogP contribution in [0.5, 0.6) is 0 Å². The van der Waals surface area contributed by atoms with Crippen LogP contribution in [-0.4, -0.2) is 50.4 Å². The van der Waals surface area contributed by atoms with Gasteiger partial charge in [0.1, 0.15) is 11.4 Å². The fraction of sp³-hybridized carbons (Fsp3) is 0.500. The second-order valence-corrected chi connectivity index (χ2v) is 6.42. The number of carbonyl (C=O) groups is 1. The molecule has 0 aliphatic carbocycles. The van der Waals surface area contributed by atoms with Gasteiger partial charge in [0, 0.05) is 57.7 Å². The molecule has 3 heterocycles. The molecule has 0 unspecified atom stereocenters. The molecule has 0 spiro atoms. The number of aryl methyl sites for hydroxylation is 1. The Morgan fingerprint density at radius 1 is 1.32 bits per heavy atom. The standard InChI is InChI=1S/C18H25N5O2/c1-4-23(5-2)17-16(18(24)25)15-6-7-22(12-14(15)9-19-17)11-13-8-20-21(3)10-13/h8-10H,4-7,11-12H2,1-3H3,(H,24,25). The van der Waals surface area contributed by atoms with Crippen LogP contribution in [0.15, 0.2) is 18.6 Å². The molecular weight excluding hydrogens is 318 g/mol. The van der Waals surface area contributed by atoms with Crippen molar-refractivity contribution in [1.29, 1.82) is 0 Å². The molecular formula is C18H25N5O2.